The third-order valence-corrected chi connectivity index (χ3v) is 5.43. The van der Waals surface area contributed by atoms with Crippen LogP contribution in [0.1, 0.15) is 12.1 Å². The van der Waals surface area contributed by atoms with Crippen molar-refractivity contribution in [2.24, 2.45) is 0 Å². The molecule has 3 aromatic heterocycles. The van der Waals surface area contributed by atoms with Gasteiger partial charge in [-0.2, -0.15) is 0 Å². The fraction of sp³-hybridized carbons (Fsp3) is 0.111. The Morgan fingerprint density at radius 1 is 1.12 bits per heavy atom. The highest BCUT2D eigenvalue weighted by Crippen LogP contribution is 2.28. The molecule has 0 aliphatic rings. The highest BCUT2D eigenvalue weighted by molar-refractivity contribution is 7.16. The smallest absolute Gasteiger partial charge is 0.270 e. The lowest BCUT2D eigenvalue weighted by Crippen LogP contribution is -2.18. The summed E-state index contributed by atoms with van der Waals surface area (Å²) in [5.41, 5.74) is 2.36. The number of benzene rings is 1. The lowest BCUT2D eigenvalue weighted by atomic mass is 10.2. The molecule has 0 radical (unpaired) electrons. The summed E-state index contributed by atoms with van der Waals surface area (Å²) < 4.78 is 0. The summed E-state index contributed by atoms with van der Waals surface area (Å²) in [4.78, 5) is 36.9. The van der Waals surface area contributed by atoms with E-state index in [4.69, 9.17) is 0 Å². The minimum atomic E-state index is -0.259. The number of aryl methyl sites for hydroxylation is 1. The maximum atomic E-state index is 12.2. The molecule has 0 fully saturated rings. The lowest BCUT2D eigenvalue weighted by molar-refractivity contribution is -0.116. The van der Waals surface area contributed by atoms with E-state index in [0.717, 1.165) is 10.6 Å². The number of aromatic nitrogens is 3. The molecule has 0 aliphatic carbocycles. The highest BCUT2D eigenvalue weighted by Gasteiger charge is 2.11. The van der Waals surface area contributed by atoms with Crippen molar-refractivity contribution in [3.63, 3.8) is 0 Å². The van der Waals surface area contributed by atoms with Gasteiger partial charge in [0.15, 0.2) is 5.13 Å². The maximum absolute atomic E-state index is 12.2. The van der Waals surface area contributed by atoms with Gasteiger partial charge in [-0.25, -0.2) is 9.97 Å². The molecule has 0 bridgehead atoms. The molecule has 0 saturated carbocycles. The van der Waals surface area contributed by atoms with E-state index in [0.29, 0.717) is 21.9 Å². The number of hydrogen-bond acceptors (Lipinski definition) is 6. The number of rotatable bonds is 5. The van der Waals surface area contributed by atoms with Crippen molar-refractivity contribution >= 4 is 44.7 Å². The molecular formula is C18H14N4O2S2. The number of para-hydroxylation sites is 2. The molecule has 0 aliphatic heterocycles. The van der Waals surface area contributed by atoms with Crippen molar-refractivity contribution in [1.82, 2.24) is 15.0 Å². The quantitative estimate of drug-likeness (QED) is 0.551. The molecule has 8 heteroatoms. The van der Waals surface area contributed by atoms with Gasteiger partial charge in [0.25, 0.3) is 5.56 Å². The van der Waals surface area contributed by atoms with Crippen molar-refractivity contribution in [3.8, 4) is 10.6 Å². The first-order valence-corrected chi connectivity index (χ1v) is 9.72. The number of aromatic amines is 1. The van der Waals surface area contributed by atoms with Gasteiger partial charge in [0.1, 0.15) is 5.69 Å². The standard InChI is InChI=1S/C18H14N4O2S2/c23-16(22-18-21-14(10-26-18)15-6-3-9-25-15)8-7-13-17(24)20-12-5-2-1-4-11(12)19-13/h1-6,9-10H,7-8H2,(H,20,24)(H,21,22,23). The average molecular weight is 382 g/mol. The zero-order valence-electron chi connectivity index (χ0n) is 13.6. The Bertz CT molecular complexity index is 1120. The zero-order chi connectivity index (χ0) is 17.9. The molecule has 1 aromatic carbocycles. The topological polar surface area (TPSA) is 87.7 Å². The molecule has 4 aromatic rings. The predicted octanol–water partition coefficient (Wildman–Crippen LogP) is 3.68. The van der Waals surface area contributed by atoms with Crippen LogP contribution in [-0.4, -0.2) is 20.9 Å². The van der Waals surface area contributed by atoms with E-state index in [1.807, 2.05) is 41.1 Å². The van der Waals surface area contributed by atoms with E-state index in [9.17, 15) is 9.59 Å². The molecule has 2 N–H and O–H groups in total. The normalized spacial score (nSPS) is 10.9. The van der Waals surface area contributed by atoms with Crippen molar-refractivity contribution in [2.45, 2.75) is 12.8 Å². The summed E-state index contributed by atoms with van der Waals surface area (Å²) in [7, 11) is 0. The summed E-state index contributed by atoms with van der Waals surface area (Å²) in [6.45, 7) is 0. The number of fused-ring (bicyclic) bond motifs is 1. The van der Waals surface area contributed by atoms with Gasteiger partial charge in [0, 0.05) is 18.2 Å². The van der Waals surface area contributed by atoms with E-state index in [1.54, 1.807) is 17.4 Å². The summed E-state index contributed by atoms with van der Waals surface area (Å²) in [6.07, 6.45) is 0.442. The molecule has 0 spiro atoms. The van der Waals surface area contributed by atoms with Gasteiger partial charge in [-0.15, -0.1) is 22.7 Å². The average Bonchev–Trinajstić information content (AvgIpc) is 3.31. The highest BCUT2D eigenvalue weighted by atomic mass is 32.1. The number of anilines is 1. The van der Waals surface area contributed by atoms with Gasteiger partial charge in [0.05, 0.1) is 21.6 Å². The Morgan fingerprint density at radius 2 is 2.00 bits per heavy atom. The number of hydrogen-bond donors (Lipinski definition) is 2. The van der Waals surface area contributed by atoms with Crippen LogP contribution in [0.2, 0.25) is 0 Å². The summed E-state index contributed by atoms with van der Waals surface area (Å²) in [5.74, 6) is -0.188. The molecule has 4 rings (SSSR count). The lowest BCUT2D eigenvalue weighted by Gasteiger charge is -2.03. The van der Waals surface area contributed by atoms with Gasteiger partial charge in [-0.3, -0.25) is 9.59 Å². The maximum Gasteiger partial charge on any atom is 0.270 e. The molecule has 130 valence electrons. The number of H-pyrrole nitrogens is 1. The van der Waals surface area contributed by atoms with E-state index >= 15 is 0 Å². The van der Waals surface area contributed by atoms with Crippen LogP contribution in [0.15, 0.2) is 52.0 Å². The van der Waals surface area contributed by atoms with E-state index in [-0.39, 0.29) is 24.3 Å². The second kappa shape index (κ2) is 7.19. The van der Waals surface area contributed by atoms with Gasteiger partial charge in [-0.1, -0.05) is 18.2 Å². The first-order valence-electron chi connectivity index (χ1n) is 7.96. The summed E-state index contributed by atoms with van der Waals surface area (Å²) in [5, 5.41) is 7.24. The number of nitrogens with zero attached hydrogens (tertiary/aromatic N) is 2. The first kappa shape index (κ1) is 16.6. The minimum absolute atomic E-state index is 0.169. The van der Waals surface area contributed by atoms with Crippen molar-refractivity contribution in [2.75, 3.05) is 5.32 Å². The Balaban J connectivity index is 1.41. The number of carbonyl (C=O) groups is 1. The fourth-order valence-corrected chi connectivity index (χ4v) is 4.01. The second-order valence-corrected chi connectivity index (χ2v) is 7.40. The summed E-state index contributed by atoms with van der Waals surface area (Å²) >= 11 is 2.99. The molecule has 0 atom stereocenters. The summed E-state index contributed by atoms with van der Waals surface area (Å²) in [6, 6.07) is 11.3. The van der Waals surface area contributed by atoms with Crippen molar-refractivity contribution in [3.05, 3.63) is 63.2 Å². The fourth-order valence-electron chi connectivity index (χ4n) is 2.52. The Kier molecular flexibility index (Phi) is 4.59. The zero-order valence-corrected chi connectivity index (χ0v) is 15.2. The van der Waals surface area contributed by atoms with Crippen molar-refractivity contribution in [1.29, 1.82) is 0 Å². The molecular weight excluding hydrogens is 368 g/mol. The van der Waals surface area contributed by atoms with Crippen LogP contribution in [0.5, 0.6) is 0 Å². The number of amides is 1. The molecule has 26 heavy (non-hydrogen) atoms. The minimum Gasteiger partial charge on any atom is -0.319 e. The Morgan fingerprint density at radius 3 is 2.85 bits per heavy atom. The Hall–Kier alpha value is -2.84. The number of thiophene rings is 1. The van der Waals surface area contributed by atoms with Crippen LogP contribution in [0.3, 0.4) is 0 Å². The van der Waals surface area contributed by atoms with Crippen LogP contribution in [0, 0.1) is 0 Å². The van der Waals surface area contributed by atoms with Gasteiger partial charge < -0.3 is 10.3 Å². The van der Waals surface area contributed by atoms with Crippen LogP contribution in [0.25, 0.3) is 21.6 Å². The molecule has 0 unspecified atom stereocenters. The van der Waals surface area contributed by atoms with Crippen LogP contribution < -0.4 is 10.9 Å². The van der Waals surface area contributed by atoms with Crippen LogP contribution in [0.4, 0.5) is 5.13 Å². The number of thiazole rings is 1. The second-order valence-electron chi connectivity index (χ2n) is 5.59. The molecule has 3 heterocycles. The number of nitrogens with one attached hydrogen (secondary N) is 2. The van der Waals surface area contributed by atoms with Gasteiger partial charge in [-0.05, 0) is 23.6 Å². The van der Waals surface area contributed by atoms with Crippen LogP contribution >= 0.6 is 22.7 Å². The van der Waals surface area contributed by atoms with E-state index < -0.39 is 0 Å². The predicted molar refractivity (Wildman–Crippen MR) is 105 cm³/mol. The molecule has 0 saturated heterocycles. The molecule has 6 nitrogen and oxygen atoms in total. The SMILES string of the molecule is O=C(CCc1nc2ccccc2[nH]c1=O)Nc1nc(-c2cccs2)cs1. The van der Waals surface area contributed by atoms with E-state index in [1.165, 1.54) is 11.3 Å². The van der Waals surface area contributed by atoms with Gasteiger partial charge >= 0.3 is 0 Å². The number of carbonyl (C=O) groups excluding carboxylic acids is 1. The third kappa shape index (κ3) is 3.56. The molecule has 1 amide bonds. The van der Waals surface area contributed by atoms with Crippen molar-refractivity contribution < 1.29 is 4.79 Å². The Labute approximate surface area is 156 Å². The van der Waals surface area contributed by atoms with E-state index in [2.05, 4.69) is 20.3 Å². The monoisotopic (exact) mass is 382 g/mol. The largest absolute Gasteiger partial charge is 0.319 e. The van der Waals surface area contributed by atoms with Gasteiger partial charge in [0.2, 0.25) is 5.91 Å². The van der Waals surface area contributed by atoms with Crippen LogP contribution in [-0.2, 0) is 11.2 Å². The third-order valence-electron chi connectivity index (χ3n) is 3.78. The first-order chi connectivity index (χ1) is 12.7.